The van der Waals surface area contributed by atoms with Crippen molar-refractivity contribution in [3.63, 3.8) is 0 Å². The molecule has 1 unspecified atom stereocenters. The first-order valence-corrected chi connectivity index (χ1v) is 8.86. The maximum absolute atomic E-state index is 12.3. The van der Waals surface area contributed by atoms with E-state index in [2.05, 4.69) is 10.2 Å². The van der Waals surface area contributed by atoms with Crippen LogP contribution in [0.2, 0.25) is 0 Å². The van der Waals surface area contributed by atoms with Gasteiger partial charge in [0.1, 0.15) is 5.75 Å². The van der Waals surface area contributed by atoms with Gasteiger partial charge in [0, 0.05) is 13.1 Å². The van der Waals surface area contributed by atoms with Gasteiger partial charge in [0.2, 0.25) is 11.8 Å². The molecule has 130 valence electrons. The van der Waals surface area contributed by atoms with Gasteiger partial charge in [0.05, 0.1) is 18.8 Å². The Morgan fingerprint density at radius 1 is 1.25 bits per heavy atom. The van der Waals surface area contributed by atoms with Crippen LogP contribution in [0.4, 0.5) is 0 Å². The molecule has 0 spiro atoms. The molecule has 6 nitrogen and oxygen atoms in total. The number of benzene rings is 1. The zero-order valence-electron chi connectivity index (χ0n) is 14.5. The number of ether oxygens (including phenoxy) is 1. The third kappa shape index (κ3) is 4.74. The quantitative estimate of drug-likeness (QED) is 0.683. The highest BCUT2D eigenvalue weighted by Crippen LogP contribution is 2.24. The lowest BCUT2D eigenvalue weighted by Crippen LogP contribution is -2.36. The molecule has 0 bridgehead atoms. The second kappa shape index (κ2) is 8.73. The van der Waals surface area contributed by atoms with Crippen LogP contribution >= 0.6 is 11.8 Å². The van der Waals surface area contributed by atoms with E-state index in [0.717, 1.165) is 11.3 Å². The molecule has 0 radical (unpaired) electrons. The highest BCUT2D eigenvalue weighted by molar-refractivity contribution is 8.00. The molecule has 0 saturated carbocycles. The van der Waals surface area contributed by atoms with E-state index in [1.54, 1.807) is 12.0 Å². The van der Waals surface area contributed by atoms with Crippen LogP contribution < -0.4 is 4.74 Å². The maximum Gasteiger partial charge on any atom is 0.277 e. The molecule has 1 heterocycles. The fraction of sp³-hybridized carbons (Fsp3) is 0.471. The molecule has 0 aliphatic heterocycles. The Morgan fingerprint density at radius 2 is 1.92 bits per heavy atom. The zero-order valence-corrected chi connectivity index (χ0v) is 15.3. The van der Waals surface area contributed by atoms with Gasteiger partial charge in [-0.25, -0.2) is 0 Å². The van der Waals surface area contributed by atoms with Gasteiger partial charge in [-0.05, 0) is 38.5 Å². The summed E-state index contributed by atoms with van der Waals surface area (Å²) in [5, 5.41) is 8.26. The second-order valence-electron chi connectivity index (χ2n) is 5.26. The summed E-state index contributed by atoms with van der Waals surface area (Å²) in [6.07, 6.45) is 0.552. The molecule has 0 aliphatic rings. The normalized spacial score (nSPS) is 12.0. The highest BCUT2D eigenvalue weighted by atomic mass is 32.2. The molecular formula is C17H23N3O3S. The summed E-state index contributed by atoms with van der Waals surface area (Å²) < 4.78 is 10.8. The molecule has 1 amide bonds. The maximum atomic E-state index is 12.3. The van der Waals surface area contributed by atoms with Gasteiger partial charge in [0.15, 0.2) is 0 Å². The number of thioether (sulfide) groups is 1. The Hall–Kier alpha value is -2.02. The van der Waals surface area contributed by atoms with E-state index in [4.69, 9.17) is 9.15 Å². The molecule has 0 fully saturated rings. The van der Waals surface area contributed by atoms with E-state index in [-0.39, 0.29) is 11.2 Å². The lowest BCUT2D eigenvalue weighted by atomic mass is 10.1. The van der Waals surface area contributed by atoms with Gasteiger partial charge >= 0.3 is 0 Å². The van der Waals surface area contributed by atoms with Crippen LogP contribution in [0.3, 0.4) is 0 Å². The second-order valence-corrected chi connectivity index (χ2v) is 6.55. The standard InChI is InChI=1S/C17H23N3O3S/c1-5-20(6-2)16(21)12(3)24-17-19-18-15(23-17)11-13-7-9-14(22-4)10-8-13/h7-10,12H,5-6,11H2,1-4H3. The predicted molar refractivity (Wildman–Crippen MR) is 93.3 cm³/mol. The number of nitrogens with zero attached hydrogens (tertiary/aromatic N) is 3. The fourth-order valence-electron chi connectivity index (χ4n) is 2.27. The average Bonchev–Trinajstić information content (AvgIpc) is 3.03. The Bertz CT molecular complexity index is 653. The number of carbonyl (C=O) groups excluding carboxylic acids is 1. The van der Waals surface area contributed by atoms with Crippen LogP contribution in [0, 0.1) is 0 Å². The van der Waals surface area contributed by atoms with Crippen LogP contribution in [-0.2, 0) is 11.2 Å². The molecule has 0 saturated heterocycles. The van der Waals surface area contributed by atoms with Crippen molar-refractivity contribution in [1.29, 1.82) is 0 Å². The molecule has 0 aliphatic carbocycles. The minimum atomic E-state index is -0.251. The van der Waals surface area contributed by atoms with Gasteiger partial charge in [-0.15, -0.1) is 10.2 Å². The summed E-state index contributed by atoms with van der Waals surface area (Å²) in [6, 6.07) is 7.71. The number of carbonyl (C=O) groups is 1. The van der Waals surface area contributed by atoms with Crippen molar-refractivity contribution in [2.24, 2.45) is 0 Å². The van der Waals surface area contributed by atoms with E-state index < -0.39 is 0 Å². The Morgan fingerprint density at radius 3 is 2.50 bits per heavy atom. The molecule has 7 heteroatoms. The van der Waals surface area contributed by atoms with E-state index in [9.17, 15) is 4.79 Å². The average molecular weight is 349 g/mol. The highest BCUT2D eigenvalue weighted by Gasteiger charge is 2.21. The van der Waals surface area contributed by atoms with Crippen molar-refractivity contribution in [2.45, 2.75) is 37.7 Å². The Balaban J connectivity index is 1.95. The first-order valence-electron chi connectivity index (χ1n) is 7.98. The van der Waals surface area contributed by atoms with Crippen molar-refractivity contribution in [3.05, 3.63) is 35.7 Å². The minimum Gasteiger partial charge on any atom is -0.497 e. The van der Waals surface area contributed by atoms with Gasteiger partial charge in [-0.2, -0.15) is 0 Å². The number of rotatable bonds is 8. The molecule has 24 heavy (non-hydrogen) atoms. The third-order valence-electron chi connectivity index (χ3n) is 3.66. The molecule has 1 aromatic heterocycles. The topological polar surface area (TPSA) is 68.5 Å². The van der Waals surface area contributed by atoms with Crippen molar-refractivity contribution < 1.29 is 13.9 Å². The van der Waals surface area contributed by atoms with Crippen LogP contribution in [0.25, 0.3) is 0 Å². The van der Waals surface area contributed by atoms with E-state index >= 15 is 0 Å². The number of methoxy groups -OCH3 is 1. The number of hydrogen-bond donors (Lipinski definition) is 0. The monoisotopic (exact) mass is 349 g/mol. The molecule has 1 aromatic carbocycles. The molecular weight excluding hydrogens is 326 g/mol. The Labute approximate surface area is 146 Å². The minimum absolute atomic E-state index is 0.0832. The fourth-order valence-corrected chi connectivity index (χ4v) is 3.05. The summed E-state index contributed by atoms with van der Waals surface area (Å²) in [5.41, 5.74) is 1.06. The number of aromatic nitrogens is 2. The van der Waals surface area contributed by atoms with Gasteiger partial charge in [-0.3, -0.25) is 4.79 Å². The van der Waals surface area contributed by atoms with Crippen LogP contribution in [-0.4, -0.2) is 46.5 Å². The summed E-state index contributed by atoms with van der Waals surface area (Å²) in [5.74, 6) is 1.43. The lowest BCUT2D eigenvalue weighted by molar-refractivity contribution is -0.129. The van der Waals surface area contributed by atoms with Crippen molar-refractivity contribution in [2.75, 3.05) is 20.2 Å². The SMILES string of the molecule is CCN(CC)C(=O)C(C)Sc1nnc(Cc2ccc(OC)cc2)o1. The molecule has 2 aromatic rings. The van der Waals surface area contributed by atoms with E-state index in [0.29, 0.717) is 30.6 Å². The predicted octanol–water partition coefficient (Wildman–Crippen LogP) is 3.02. The summed E-state index contributed by atoms with van der Waals surface area (Å²) in [6.45, 7) is 7.20. The van der Waals surface area contributed by atoms with Crippen molar-refractivity contribution in [1.82, 2.24) is 15.1 Å². The third-order valence-corrected chi connectivity index (χ3v) is 4.58. The number of hydrogen-bond acceptors (Lipinski definition) is 6. The Kier molecular flexibility index (Phi) is 6.66. The van der Waals surface area contributed by atoms with E-state index in [1.165, 1.54) is 11.8 Å². The van der Waals surface area contributed by atoms with Gasteiger partial charge in [0.25, 0.3) is 5.22 Å². The summed E-state index contributed by atoms with van der Waals surface area (Å²) in [7, 11) is 1.64. The van der Waals surface area contributed by atoms with Gasteiger partial charge < -0.3 is 14.1 Å². The largest absolute Gasteiger partial charge is 0.497 e. The van der Waals surface area contributed by atoms with Crippen LogP contribution in [0.15, 0.2) is 33.9 Å². The smallest absolute Gasteiger partial charge is 0.277 e. The van der Waals surface area contributed by atoms with E-state index in [1.807, 2.05) is 45.0 Å². The molecule has 0 N–H and O–H groups in total. The van der Waals surface area contributed by atoms with Crippen LogP contribution in [0.5, 0.6) is 5.75 Å². The summed E-state index contributed by atoms with van der Waals surface area (Å²) in [4.78, 5) is 14.1. The van der Waals surface area contributed by atoms with Crippen molar-refractivity contribution in [3.8, 4) is 5.75 Å². The lowest BCUT2D eigenvalue weighted by Gasteiger charge is -2.21. The first-order chi connectivity index (χ1) is 11.6. The molecule has 1 atom stereocenters. The van der Waals surface area contributed by atoms with Crippen molar-refractivity contribution >= 4 is 17.7 Å². The molecule has 2 rings (SSSR count). The van der Waals surface area contributed by atoms with Crippen LogP contribution in [0.1, 0.15) is 32.2 Å². The number of amides is 1. The summed E-state index contributed by atoms with van der Waals surface area (Å²) >= 11 is 1.30. The zero-order chi connectivity index (χ0) is 17.5. The first kappa shape index (κ1) is 18.3. The van der Waals surface area contributed by atoms with Gasteiger partial charge in [-0.1, -0.05) is 23.9 Å².